The van der Waals surface area contributed by atoms with E-state index in [1.165, 1.54) is 25.3 Å². The number of imidazole rings is 1. The minimum absolute atomic E-state index is 0.189. The Morgan fingerprint density at radius 2 is 1.95 bits per heavy atom. The molecule has 0 bridgehead atoms. The van der Waals surface area contributed by atoms with E-state index in [1.807, 2.05) is 6.92 Å². The fraction of sp³-hybridized carbons (Fsp3) is 0.438. The number of nitrogens with zero attached hydrogens (tertiary/aromatic N) is 2. The average Bonchev–Trinajstić information content (AvgIpc) is 2.83. The maximum atomic E-state index is 14.0. The van der Waals surface area contributed by atoms with E-state index in [4.69, 9.17) is 0 Å². The summed E-state index contributed by atoms with van der Waals surface area (Å²) in [7, 11) is 0. The maximum absolute atomic E-state index is 14.0. The fourth-order valence-electron chi connectivity index (χ4n) is 2.88. The van der Waals surface area contributed by atoms with Crippen molar-refractivity contribution in [2.45, 2.75) is 45.1 Å². The zero-order valence-electron chi connectivity index (χ0n) is 12.1. The number of hydrogen-bond acceptors (Lipinski definition) is 2. The van der Waals surface area contributed by atoms with E-state index in [0.29, 0.717) is 12.0 Å². The lowest BCUT2D eigenvalue weighted by molar-refractivity contribution is 0.460. The highest BCUT2D eigenvalue weighted by Gasteiger charge is 2.18. The van der Waals surface area contributed by atoms with Crippen LogP contribution in [0.4, 0.5) is 14.7 Å². The first-order valence-electron chi connectivity index (χ1n) is 7.41. The van der Waals surface area contributed by atoms with Gasteiger partial charge in [0.15, 0.2) is 0 Å². The first kappa shape index (κ1) is 14.0. The summed E-state index contributed by atoms with van der Waals surface area (Å²) in [5, 5.41) is 3.38. The average molecular weight is 291 g/mol. The minimum Gasteiger partial charge on any atom is -0.353 e. The fourth-order valence-corrected chi connectivity index (χ4v) is 2.88. The van der Waals surface area contributed by atoms with Crippen molar-refractivity contribution in [3.63, 3.8) is 0 Å². The summed E-state index contributed by atoms with van der Waals surface area (Å²) in [6, 6.07) is 3.82. The summed E-state index contributed by atoms with van der Waals surface area (Å²) in [6.07, 6.45) is 7.58. The van der Waals surface area contributed by atoms with Crippen molar-refractivity contribution in [1.82, 2.24) is 9.55 Å². The van der Waals surface area contributed by atoms with Crippen molar-refractivity contribution in [1.29, 1.82) is 0 Å². The van der Waals surface area contributed by atoms with Gasteiger partial charge < -0.3 is 5.32 Å². The van der Waals surface area contributed by atoms with Crippen LogP contribution in [0.1, 0.15) is 37.8 Å². The topological polar surface area (TPSA) is 29.9 Å². The van der Waals surface area contributed by atoms with Crippen molar-refractivity contribution < 1.29 is 8.78 Å². The van der Waals surface area contributed by atoms with Gasteiger partial charge in [0.1, 0.15) is 11.6 Å². The van der Waals surface area contributed by atoms with Crippen LogP contribution in [0, 0.1) is 18.6 Å². The molecule has 0 atom stereocenters. The van der Waals surface area contributed by atoms with Crippen LogP contribution in [-0.4, -0.2) is 15.6 Å². The Morgan fingerprint density at radius 1 is 1.19 bits per heavy atom. The highest BCUT2D eigenvalue weighted by atomic mass is 19.1. The number of anilines is 1. The molecule has 5 heteroatoms. The van der Waals surface area contributed by atoms with Crippen LogP contribution in [-0.2, 0) is 0 Å². The molecule has 0 amide bonds. The summed E-state index contributed by atoms with van der Waals surface area (Å²) in [5.74, 6) is -0.328. The molecule has 1 heterocycles. The molecule has 1 aliphatic rings. The van der Waals surface area contributed by atoms with Crippen molar-refractivity contribution in [2.75, 3.05) is 5.32 Å². The third-order valence-corrected chi connectivity index (χ3v) is 3.93. The molecule has 0 spiro atoms. The van der Waals surface area contributed by atoms with Crippen molar-refractivity contribution in [3.8, 4) is 5.69 Å². The van der Waals surface area contributed by atoms with Crippen LogP contribution in [0.3, 0.4) is 0 Å². The number of aromatic nitrogens is 2. The Kier molecular flexibility index (Phi) is 3.90. The van der Waals surface area contributed by atoms with Gasteiger partial charge in [-0.3, -0.25) is 4.57 Å². The van der Waals surface area contributed by atoms with E-state index in [9.17, 15) is 8.78 Å². The lowest BCUT2D eigenvalue weighted by Crippen LogP contribution is -2.24. The monoisotopic (exact) mass is 291 g/mol. The van der Waals surface area contributed by atoms with Gasteiger partial charge in [-0.05, 0) is 31.9 Å². The molecule has 0 saturated heterocycles. The first-order chi connectivity index (χ1) is 10.1. The van der Waals surface area contributed by atoms with Gasteiger partial charge in [0, 0.05) is 18.3 Å². The second-order valence-electron chi connectivity index (χ2n) is 5.65. The quantitative estimate of drug-likeness (QED) is 0.918. The first-order valence-corrected chi connectivity index (χ1v) is 7.41. The Hall–Kier alpha value is -1.91. The Morgan fingerprint density at radius 3 is 2.71 bits per heavy atom. The minimum atomic E-state index is -0.458. The predicted molar refractivity (Wildman–Crippen MR) is 78.7 cm³/mol. The molecule has 0 aliphatic heterocycles. The molecule has 1 aliphatic carbocycles. The molecular weight excluding hydrogens is 272 g/mol. The third kappa shape index (κ3) is 3.06. The van der Waals surface area contributed by atoms with E-state index < -0.39 is 11.6 Å². The van der Waals surface area contributed by atoms with Gasteiger partial charge >= 0.3 is 0 Å². The lowest BCUT2D eigenvalue weighted by Gasteiger charge is -2.23. The van der Waals surface area contributed by atoms with Gasteiger partial charge in [-0.25, -0.2) is 13.8 Å². The molecule has 1 fully saturated rings. The van der Waals surface area contributed by atoms with Crippen LogP contribution < -0.4 is 5.32 Å². The Bertz CT molecular complexity index is 630. The number of rotatable bonds is 3. The van der Waals surface area contributed by atoms with E-state index in [0.717, 1.165) is 30.7 Å². The highest BCUT2D eigenvalue weighted by Crippen LogP contribution is 2.25. The lowest BCUT2D eigenvalue weighted by atomic mass is 9.96. The van der Waals surface area contributed by atoms with E-state index in [2.05, 4.69) is 10.3 Å². The highest BCUT2D eigenvalue weighted by molar-refractivity contribution is 5.44. The summed E-state index contributed by atoms with van der Waals surface area (Å²) in [6.45, 7) is 1.85. The second-order valence-corrected chi connectivity index (χ2v) is 5.65. The molecule has 21 heavy (non-hydrogen) atoms. The van der Waals surface area contributed by atoms with Gasteiger partial charge in [-0.1, -0.05) is 19.3 Å². The van der Waals surface area contributed by atoms with E-state index >= 15 is 0 Å². The number of aryl methyl sites for hydroxylation is 1. The number of nitrogens with one attached hydrogen (secondary N) is 1. The van der Waals surface area contributed by atoms with Gasteiger partial charge in [0.05, 0.1) is 11.4 Å². The van der Waals surface area contributed by atoms with E-state index in [1.54, 1.807) is 10.8 Å². The molecule has 2 aromatic rings. The van der Waals surface area contributed by atoms with Gasteiger partial charge in [0.2, 0.25) is 5.95 Å². The number of benzene rings is 1. The second kappa shape index (κ2) is 5.84. The molecule has 1 saturated carbocycles. The predicted octanol–water partition coefficient (Wildman–Crippen LogP) is 4.20. The largest absolute Gasteiger partial charge is 0.353 e. The summed E-state index contributed by atoms with van der Waals surface area (Å²) < 4.78 is 29.0. The van der Waals surface area contributed by atoms with Crippen LogP contribution in [0.25, 0.3) is 5.69 Å². The molecule has 1 aromatic carbocycles. The van der Waals surface area contributed by atoms with Crippen LogP contribution in [0.5, 0.6) is 0 Å². The van der Waals surface area contributed by atoms with Crippen molar-refractivity contribution in [2.24, 2.45) is 0 Å². The molecule has 0 radical (unpaired) electrons. The molecule has 0 unspecified atom stereocenters. The van der Waals surface area contributed by atoms with Crippen molar-refractivity contribution in [3.05, 3.63) is 41.7 Å². The zero-order valence-corrected chi connectivity index (χ0v) is 12.1. The maximum Gasteiger partial charge on any atom is 0.208 e. The van der Waals surface area contributed by atoms with Crippen LogP contribution in [0.2, 0.25) is 0 Å². The Balaban J connectivity index is 1.93. The molecule has 112 valence electrons. The Labute approximate surface area is 123 Å². The molecule has 1 N–H and O–H groups in total. The number of hydrogen-bond donors (Lipinski definition) is 1. The molecule has 1 aromatic heterocycles. The smallest absolute Gasteiger partial charge is 0.208 e. The van der Waals surface area contributed by atoms with Gasteiger partial charge in [-0.2, -0.15) is 0 Å². The van der Waals surface area contributed by atoms with Crippen molar-refractivity contribution >= 4 is 5.95 Å². The summed E-state index contributed by atoms with van der Waals surface area (Å²) >= 11 is 0. The summed E-state index contributed by atoms with van der Waals surface area (Å²) in [5.41, 5.74) is 0.964. The third-order valence-electron chi connectivity index (χ3n) is 3.93. The molecule has 3 nitrogen and oxygen atoms in total. The molecule has 3 rings (SSSR count). The SMILES string of the molecule is Cc1cn(-c2cc(F)ccc2F)c(NC2CCCCC2)n1. The van der Waals surface area contributed by atoms with Crippen LogP contribution in [0.15, 0.2) is 24.4 Å². The molecular formula is C16H19F2N3. The normalized spacial score (nSPS) is 16.1. The standard InChI is InChI=1S/C16H19F2N3/c1-11-10-21(15-9-12(17)7-8-14(15)18)16(19-11)20-13-5-3-2-4-6-13/h7-10,13H,2-6H2,1H3,(H,19,20). The van der Waals surface area contributed by atoms with Gasteiger partial charge in [-0.15, -0.1) is 0 Å². The number of halogens is 2. The zero-order chi connectivity index (χ0) is 14.8. The van der Waals surface area contributed by atoms with E-state index in [-0.39, 0.29) is 5.69 Å². The van der Waals surface area contributed by atoms with Gasteiger partial charge in [0.25, 0.3) is 0 Å². The van der Waals surface area contributed by atoms with Crippen LogP contribution >= 0.6 is 0 Å². The summed E-state index contributed by atoms with van der Waals surface area (Å²) in [4.78, 5) is 4.41.